The fourth-order valence-electron chi connectivity index (χ4n) is 4.21. The molecule has 4 rings (SSSR count). The highest BCUT2D eigenvalue weighted by Gasteiger charge is 2.46. The molecule has 1 amide bonds. The first kappa shape index (κ1) is 17.5. The zero-order chi connectivity index (χ0) is 18.2. The zero-order valence-electron chi connectivity index (χ0n) is 14.6. The number of fused-ring (bicyclic) bond motifs is 1. The number of hydrogen-bond acceptors (Lipinski definition) is 4. The van der Waals surface area contributed by atoms with Crippen molar-refractivity contribution in [1.29, 1.82) is 0 Å². The summed E-state index contributed by atoms with van der Waals surface area (Å²) in [6, 6.07) is 14.0. The van der Waals surface area contributed by atoms with Crippen LogP contribution in [0.1, 0.15) is 24.8 Å². The van der Waals surface area contributed by atoms with Crippen molar-refractivity contribution in [3.8, 4) is 0 Å². The minimum Gasteiger partial charge on any atom is -0.374 e. The van der Waals surface area contributed by atoms with Gasteiger partial charge in [0.05, 0.1) is 23.5 Å². The molecule has 0 radical (unpaired) electrons. The normalized spacial score (nSPS) is 27.6. The number of carbonyl (C=O) groups excluding carboxylic acids is 1. The summed E-state index contributed by atoms with van der Waals surface area (Å²) in [7, 11) is -3.02. The quantitative estimate of drug-likeness (QED) is 0.896. The largest absolute Gasteiger partial charge is 0.374 e. The van der Waals surface area contributed by atoms with Gasteiger partial charge in [0.1, 0.15) is 0 Å². The summed E-state index contributed by atoms with van der Waals surface area (Å²) >= 11 is 0. The van der Waals surface area contributed by atoms with Gasteiger partial charge in [-0.1, -0.05) is 42.5 Å². The first-order chi connectivity index (χ1) is 12.4. The number of ether oxygens (including phenoxy) is 1. The van der Waals surface area contributed by atoms with Crippen molar-refractivity contribution in [2.45, 2.75) is 37.3 Å². The van der Waals surface area contributed by atoms with Crippen LogP contribution in [0.3, 0.4) is 0 Å². The number of amides is 1. The summed E-state index contributed by atoms with van der Waals surface area (Å²) in [4.78, 5) is 12.6. The molecule has 0 aliphatic carbocycles. The molecular formula is C20H23NO4S. The Morgan fingerprint density at radius 1 is 1.19 bits per heavy atom. The van der Waals surface area contributed by atoms with Gasteiger partial charge in [-0.15, -0.1) is 0 Å². The average Bonchev–Trinajstić information content (AvgIpc) is 2.89. The smallest absolute Gasteiger partial charge is 0.224 e. The second-order valence-corrected chi connectivity index (χ2v) is 9.63. The van der Waals surface area contributed by atoms with Crippen LogP contribution in [0, 0.1) is 0 Å². The minimum absolute atomic E-state index is 0.0238. The summed E-state index contributed by atoms with van der Waals surface area (Å²) in [5.41, 5.74) is 0.403. The molecule has 0 aromatic heterocycles. The van der Waals surface area contributed by atoms with Gasteiger partial charge in [-0.25, -0.2) is 8.42 Å². The van der Waals surface area contributed by atoms with Crippen LogP contribution in [0.2, 0.25) is 0 Å². The highest BCUT2D eigenvalue weighted by molar-refractivity contribution is 7.91. The van der Waals surface area contributed by atoms with E-state index in [4.69, 9.17) is 4.74 Å². The molecule has 26 heavy (non-hydrogen) atoms. The number of hydrogen-bond donors (Lipinski definition) is 1. The number of benzene rings is 2. The summed E-state index contributed by atoms with van der Waals surface area (Å²) in [6.45, 7) is 0.495. The Labute approximate surface area is 153 Å². The summed E-state index contributed by atoms with van der Waals surface area (Å²) in [5.74, 6) is 0.239. The lowest BCUT2D eigenvalue weighted by atomic mass is 9.89. The molecule has 0 saturated carbocycles. The molecule has 2 aromatic carbocycles. The van der Waals surface area contributed by atoms with Crippen molar-refractivity contribution < 1.29 is 17.9 Å². The highest BCUT2D eigenvalue weighted by Crippen LogP contribution is 2.35. The molecule has 6 heteroatoms. The van der Waals surface area contributed by atoms with Crippen molar-refractivity contribution in [2.24, 2.45) is 0 Å². The Hall–Kier alpha value is -1.92. The summed E-state index contributed by atoms with van der Waals surface area (Å²) in [6.07, 6.45) is 2.16. The van der Waals surface area contributed by atoms with E-state index in [1.54, 1.807) is 0 Å². The lowest BCUT2D eigenvalue weighted by Crippen LogP contribution is -2.49. The van der Waals surface area contributed by atoms with Gasteiger partial charge in [0.25, 0.3) is 0 Å². The van der Waals surface area contributed by atoms with Crippen LogP contribution in [0.4, 0.5) is 0 Å². The van der Waals surface area contributed by atoms with Gasteiger partial charge in [0.2, 0.25) is 5.91 Å². The average molecular weight is 373 g/mol. The molecule has 2 atom stereocenters. The Bertz CT molecular complexity index is 934. The fraction of sp³-hybridized carbons (Fsp3) is 0.450. The van der Waals surface area contributed by atoms with Gasteiger partial charge in [-0.3, -0.25) is 4.79 Å². The molecule has 5 nitrogen and oxygen atoms in total. The highest BCUT2D eigenvalue weighted by atomic mass is 32.2. The third-order valence-electron chi connectivity index (χ3n) is 5.44. The third kappa shape index (κ3) is 3.62. The van der Waals surface area contributed by atoms with Crippen LogP contribution in [0.15, 0.2) is 42.5 Å². The van der Waals surface area contributed by atoms with Crippen molar-refractivity contribution in [3.63, 3.8) is 0 Å². The fourth-order valence-corrected chi connectivity index (χ4v) is 6.19. The summed E-state index contributed by atoms with van der Waals surface area (Å²) < 4.78 is 29.5. The Morgan fingerprint density at radius 2 is 2.00 bits per heavy atom. The number of sulfone groups is 1. The molecule has 138 valence electrons. The second-order valence-electron chi connectivity index (χ2n) is 7.45. The van der Waals surface area contributed by atoms with Crippen molar-refractivity contribution in [3.05, 3.63) is 48.0 Å². The van der Waals surface area contributed by atoms with Gasteiger partial charge >= 0.3 is 0 Å². The molecular weight excluding hydrogens is 350 g/mol. The van der Waals surface area contributed by atoms with Crippen molar-refractivity contribution >= 4 is 26.5 Å². The second kappa shape index (κ2) is 6.67. The Kier molecular flexibility index (Phi) is 4.49. The monoisotopic (exact) mass is 373 g/mol. The molecule has 0 unspecified atom stereocenters. The Morgan fingerprint density at radius 3 is 2.81 bits per heavy atom. The van der Waals surface area contributed by atoms with Crippen molar-refractivity contribution in [1.82, 2.24) is 5.32 Å². The standard InChI is InChI=1S/C20H23NO4S/c22-19(12-16-6-3-5-15-4-1-2-7-18(15)16)21-17-8-10-25-20(13-17)9-11-26(23,24)14-20/h1-7,17H,8-14H2,(H,21,22)/t17-,20-/m1/s1. The van der Waals surface area contributed by atoms with E-state index >= 15 is 0 Å². The van der Waals surface area contributed by atoms with E-state index in [0.717, 1.165) is 22.8 Å². The van der Waals surface area contributed by atoms with Gasteiger partial charge in [-0.2, -0.15) is 0 Å². The van der Waals surface area contributed by atoms with Gasteiger partial charge in [0, 0.05) is 12.6 Å². The predicted molar refractivity (Wildman–Crippen MR) is 101 cm³/mol. The van der Waals surface area contributed by atoms with E-state index in [2.05, 4.69) is 5.32 Å². The van der Waals surface area contributed by atoms with Crippen molar-refractivity contribution in [2.75, 3.05) is 18.1 Å². The first-order valence-corrected chi connectivity index (χ1v) is 10.9. The van der Waals surface area contributed by atoms with E-state index in [9.17, 15) is 13.2 Å². The van der Waals surface area contributed by atoms with E-state index in [1.807, 2.05) is 42.5 Å². The topological polar surface area (TPSA) is 72.5 Å². The maximum Gasteiger partial charge on any atom is 0.224 e. The maximum absolute atomic E-state index is 12.6. The van der Waals surface area contributed by atoms with Gasteiger partial charge in [0.15, 0.2) is 9.84 Å². The first-order valence-electron chi connectivity index (χ1n) is 9.05. The van der Waals surface area contributed by atoms with Crippen LogP contribution >= 0.6 is 0 Å². The van der Waals surface area contributed by atoms with Crippen LogP contribution in [0.25, 0.3) is 10.8 Å². The molecule has 1 N–H and O–H groups in total. The molecule has 2 fully saturated rings. The third-order valence-corrected chi connectivity index (χ3v) is 7.23. The van der Waals surface area contributed by atoms with Crippen LogP contribution < -0.4 is 5.32 Å². The molecule has 2 aliphatic rings. The van der Waals surface area contributed by atoms with Crippen LogP contribution in [0.5, 0.6) is 0 Å². The minimum atomic E-state index is -3.02. The van der Waals surface area contributed by atoms with E-state index in [-0.39, 0.29) is 23.5 Å². The van der Waals surface area contributed by atoms with E-state index in [1.165, 1.54) is 0 Å². The number of rotatable bonds is 3. The molecule has 2 aliphatic heterocycles. The Balaban J connectivity index is 1.43. The van der Waals surface area contributed by atoms with Crippen LogP contribution in [-0.4, -0.2) is 44.1 Å². The molecule has 2 saturated heterocycles. The molecule has 2 heterocycles. The maximum atomic E-state index is 12.6. The number of nitrogens with one attached hydrogen (secondary N) is 1. The molecule has 2 aromatic rings. The predicted octanol–water partition coefficient (Wildman–Crippen LogP) is 2.23. The lowest BCUT2D eigenvalue weighted by molar-refractivity contribution is -0.123. The molecule has 0 bridgehead atoms. The summed E-state index contributed by atoms with van der Waals surface area (Å²) in [5, 5.41) is 5.31. The zero-order valence-corrected chi connectivity index (χ0v) is 15.4. The lowest BCUT2D eigenvalue weighted by Gasteiger charge is -2.37. The van der Waals surface area contributed by atoms with Gasteiger partial charge < -0.3 is 10.1 Å². The van der Waals surface area contributed by atoms with Crippen LogP contribution in [-0.2, 0) is 25.8 Å². The van der Waals surface area contributed by atoms with E-state index < -0.39 is 15.4 Å². The SMILES string of the molecule is O=C(Cc1cccc2ccccc12)N[C@@H]1CCO[C@]2(CCS(=O)(=O)C2)C1. The van der Waals surface area contributed by atoms with E-state index in [0.29, 0.717) is 25.9 Å². The molecule has 1 spiro atoms. The van der Waals surface area contributed by atoms with Gasteiger partial charge in [-0.05, 0) is 35.6 Å². The number of carbonyl (C=O) groups is 1.